The summed E-state index contributed by atoms with van der Waals surface area (Å²) in [4.78, 5) is 28.8. The first-order valence-electron chi connectivity index (χ1n) is 11.0. The van der Waals surface area contributed by atoms with E-state index < -0.39 is 0 Å². The van der Waals surface area contributed by atoms with Crippen molar-refractivity contribution >= 4 is 11.8 Å². The largest absolute Gasteiger partial charge is 0.351 e. The molecule has 0 bridgehead atoms. The predicted octanol–water partition coefficient (Wildman–Crippen LogP) is 2.95. The van der Waals surface area contributed by atoms with E-state index >= 15 is 0 Å². The Labute approximate surface area is 169 Å². The van der Waals surface area contributed by atoms with Crippen molar-refractivity contribution < 1.29 is 9.59 Å². The van der Waals surface area contributed by atoms with Gasteiger partial charge in [0.25, 0.3) is 5.91 Å². The Bertz CT molecular complexity index is 642. The van der Waals surface area contributed by atoms with Gasteiger partial charge in [-0.15, -0.1) is 0 Å². The molecule has 1 N–H and O–H groups in total. The van der Waals surface area contributed by atoms with E-state index in [1.54, 1.807) is 0 Å². The highest BCUT2D eigenvalue weighted by molar-refractivity contribution is 5.94. The third-order valence-electron chi connectivity index (χ3n) is 6.20. The molecule has 2 amide bonds. The summed E-state index contributed by atoms with van der Waals surface area (Å²) in [5.41, 5.74) is 2.01. The first-order chi connectivity index (χ1) is 13.6. The normalized spacial score (nSPS) is 17.8. The van der Waals surface area contributed by atoms with E-state index in [-0.39, 0.29) is 5.91 Å². The summed E-state index contributed by atoms with van der Waals surface area (Å²) in [5.74, 6) is 1.36. The van der Waals surface area contributed by atoms with Crippen LogP contribution in [0.2, 0.25) is 0 Å². The second-order valence-corrected chi connectivity index (χ2v) is 8.23. The van der Waals surface area contributed by atoms with E-state index in [0.717, 1.165) is 70.4 Å². The van der Waals surface area contributed by atoms with Gasteiger partial charge in [-0.1, -0.05) is 26.0 Å². The molecule has 1 aromatic rings. The van der Waals surface area contributed by atoms with Gasteiger partial charge in [0.05, 0.1) is 0 Å². The van der Waals surface area contributed by atoms with Crippen LogP contribution >= 0.6 is 0 Å². The van der Waals surface area contributed by atoms with E-state index in [2.05, 4.69) is 41.1 Å². The van der Waals surface area contributed by atoms with Crippen molar-refractivity contribution in [3.8, 4) is 0 Å². The smallest absolute Gasteiger partial charge is 0.251 e. The molecule has 28 heavy (non-hydrogen) atoms. The molecule has 2 aliphatic rings. The van der Waals surface area contributed by atoms with Crippen LogP contribution in [0.3, 0.4) is 0 Å². The zero-order chi connectivity index (χ0) is 19.9. The Morgan fingerprint density at radius 3 is 2.25 bits per heavy atom. The maximum atomic E-state index is 12.3. The molecule has 154 valence electrons. The Hall–Kier alpha value is -1.88. The monoisotopic (exact) mass is 385 g/mol. The molecule has 0 radical (unpaired) electrons. The molecule has 0 aromatic heterocycles. The van der Waals surface area contributed by atoms with Crippen molar-refractivity contribution in [2.75, 3.05) is 39.3 Å². The molecule has 1 saturated heterocycles. The molecule has 0 spiro atoms. The lowest BCUT2D eigenvalue weighted by Gasteiger charge is -2.32. The lowest BCUT2D eigenvalue weighted by molar-refractivity contribution is -0.133. The van der Waals surface area contributed by atoms with Crippen LogP contribution in [0.4, 0.5) is 0 Å². The third-order valence-corrected chi connectivity index (χ3v) is 6.20. The maximum Gasteiger partial charge on any atom is 0.251 e. The highest BCUT2D eigenvalue weighted by Crippen LogP contribution is 2.32. The number of piperidine rings is 1. The van der Waals surface area contributed by atoms with E-state index in [1.165, 1.54) is 5.56 Å². The summed E-state index contributed by atoms with van der Waals surface area (Å²) in [6.07, 6.45) is 5.40. The van der Waals surface area contributed by atoms with Crippen molar-refractivity contribution in [2.24, 2.45) is 11.8 Å². The molecule has 3 rings (SSSR count). The van der Waals surface area contributed by atoms with Crippen molar-refractivity contribution in [1.29, 1.82) is 0 Å². The van der Waals surface area contributed by atoms with Gasteiger partial charge in [-0.05, 0) is 68.8 Å². The number of amides is 2. The van der Waals surface area contributed by atoms with Crippen LogP contribution in [-0.4, -0.2) is 60.9 Å². The lowest BCUT2D eigenvalue weighted by atomic mass is 9.89. The third kappa shape index (κ3) is 5.81. The van der Waals surface area contributed by atoms with Crippen LogP contribution in [0.1, 0.15) is 55.5 Å². The molecule has 1 saturated carbocycles. The van der Waals surface area contributed by atoms with Crippen LogP contribution in [0.15, 0.2) is 24.3 Å². The van der Waals surface area contributed by atoms with Gasteiger partial charge >= 0.3 is 0 Å². The summed E-state index contributed by atoms with van der Waals surface area (Å²) in [5, 5.41) is 3.01. The summed E-state index contributed by atoms with van der Waals surface area (Å²) in [6, 6.07) is 8.05. The van der Waals surface area contributed by atoms with Crippen molar-refractivity contribution in [3.63, 3.8) is 0 Å². The number of rotatable bonds is 9. The zero-order valence-electron chi connectivity index (χ0n) is 17.5. The second-order valence-electron chi connectivity index (χ2n) is 8.23. The number of benzene rings is 1. The average Bonchev–Trinajstić information content (AvgIpc) is 3.57. The summed E-state index contributed by atoms with van der Waals surface area (Å²) >= 11 is 0. The number of nitrogens with one attached hydrogen (secondary N) is 1. The maximum absolute atomic E-state index is 12.3. The van der Waals surface area contributed by atoms with Crippen molar-refractivity contribution in [3.05, 3.63) is 35.4 Å². The fraction of sp³-hybridized carbons (Fsp3) is 0.652. The standard InChI is InChI=1S/C23H35N3O2/c1-3-25(4-2)16-13-24-22(27)20-7-5-18(6-8-20)17-19-11-14-26(15-12-19)23(28)21-9-10-21/h5-8,19,21H,3-4,9-17H2,1-2H3,(H,24,27). The minimum absolute atomic E-state index is 0.00519. The summed E-state index contributed by atoms with van der Waals surface area (Å²) < 4.78 is 0. The molecule has 1 heterocycles. The zero-order valence-corrected chi connectivity index (χ0v) is 17.5. The number of carbonyl (C=O) groups excluding carboxylic acids is 2. The van der Waals surface area contributed by atoms with Crippen LogP contribution < -0.4 is 5.32 Å². The molecule has 1 aliphatic carbocycles. The van der Waals surface area contributed by atoms with Gasteiger partial charge in [0.15, 0.2) is 0 Å². The molecule has 5 nitrogen and oxygen atoms in total. The molecule has 1 aliphatic heterocycles. The van der Waals surface area contributed by atoms with E-state index in [0.29, 0.717) is 24.3 Å². The first-order valence-corrected chi connectivity index (χ1v) is 11.0. The van der Waals surface area contributed by atoms with Gasteiger partial charge in [-0.25, -0.2) is 0 Å². The van der Waals surface area contributed by atoms with Crippen LogP contribution in [0, 0.1) is 11.8 Å². The van der Waals surface area contributed by atoms with Crippen LogP contribution in [0.25, 0.3) is 0 Å². The highest BCUT2D eigenvalue weighted by Gasteiger charge is 2.34. The fourth-order valence-corrected chi connectivity index (χ4v) is 4.04. The molecule has 5 heteroatoms. The quantitative estimate of drug-likeness (QED) is 0.711. The Morgan fingerprint density at radius 1 is 1.04 bits per heavy atom. The van der Waals surface area contributed by atoms with Gasteiger partial charge in [0.1, 0.15) is 0 Å². The number of nitrogens with zero attached hydrogens (tertiary/aromatic N) is 2. The Kier molecular flexibility index (Phi) is 7.49. The topological polar surface area (TPSA) is 52.7 Å². The number of likely N-dealkylation sites (tertiary alicyclic amines) is 1. The van der Waals surface area contributed by atoms with E-state index in [4.69, 9.17) is 0 Å². The molecule has 0 unspecified atom stereocenters. The van der Waals surface area contributed by atoms with Gasteiger partial charge in [0.2, 0.25) is 5.91 Å². The fourth-order valence-electron chi connectivity index (χ4n) is 4.04. The number of hydrogen-bond acceptors (Lipinski definition) is 3. The van der Waals surface area contributed by atoms with Gasteiger partial charge in [-0.3, -0.25) is 9.59 Å². The number of likely N-dealkylation sites (N-methyl/N-ethyl adjacent to an activating group) is 1. The number of carbonyl (C=O) groups is 2. The average molecular weight is 386 g/mol. The van der Waals surface area contributed by atoms with E-state index in [9.17, 15) is 9.59 Å². The lowest BCUT2D eigenvalue weighted by Crippen LogP contribution is -2.39. The van der Waals surface area contributed by atoms with E-state index in [1.807, 2.05) is 12.1 Å². The Balaban J connectivity index is 1.40. The summed E-state index contributed by atoms with van der Waals surface area (Å²) in [7, 11) is 0. The van der Waals surface area contributed by atoms with Gasteiger partial charge in [-0.2, -0.15) is 0 Å². The van der Waals surface area contributed by atoms with Crippen LogP contribution in [-0.2, 0) is 11.2 Å². The first kappa shape index (κ1) is 20.8. The molecule has 2 fully saturated rings. The minimum Gasteiger partial charge on any atom is -0.351 e. The summed E-state index contributed by atoms with van der Waals surface area (Å²) in [6.45, 7) is 9.68. The van der Waals surface area contributed by atoms with Crippen molar-refractivity contribution in [1.82, 2.24) is 15.1 Å². The molecular weight excluding hydrogens is 350 g/mol. The molecule has 1 aromatic carbocycles. The number of hydrogen-bond donors (Lipinski definition) is 1. The minimum atomic E-state index is 0.00519. The van der Waals surface area contributed by atoms with Gasteiger partial charge < -0.3 is 15.1 Å². The van der Waals surface area contributed by atoms with Gasteiger partial charge in [0, 0.05) is 37.7 Å². The van der Waals surface area contributed by atoms with Crippen LogP contribution in [0.5, 0.6) is 0 Å². The SMILES string of the molecule is CCN(CC)CCNC(=O)c1ccc(CC2CCN(C(=O)C3CC3)CC2)cc1. The second kappa shape index (κ2) is 10.1. The van der Waals surface area contributed by atoms with Crippen molar-refractivity contribution in [2.45, 2.75) is 46.0 Å². The highest BCUT2D eigenvalue weighted by atomic mass is 16.2. The predicted molar refractivity (Wildman–Crippen MR) is 112 cm³/mol. The Morgan fingerprint density at radius 2 is 1.68 bits per heavy atom. The molecule has 0 atom stereocenters. The molecular formula is C23H35N3O2.